The Bertz CT molecular complexity index is 5130. The van der Waals surface area contributed by atoms with Gasteiger partial charge < -0.3 is 59.9 Å². The second-order valence-corrected chi connectivity index (χ2v) is 44.1. The van der Waals surface area contributed by atoms with Crippen LogP contribution in [0.15, 0.2) is 80.6 Å². The molecule has 33 nitrogen and oxygen atoms in total. The number of amides is 3. The second kappa shape index (κ2) is 50.1. The molecule has 133 heavy (non-hydrogen) atoms. The van der Waals surface area contributed by atoms with Crippen molar-refractivity contribution >= 4 is 35.2 Å². The first-order chi connectivity index (χ1) is 61.2. The third kappa shape index (κ3) is 36.9. The average molecular weight is 1850 g/mol. The summed E-state index contributed by atoms with van der Waals surface area (Å²) in [7, 11) is 10.2. The average Bonchev–Trinajstić information content (AvgIpc) is 1.67. The minimum atomic E-state index is -0.774. The number of ether oxygens (including phenoxy) is 5. The largest absolute Gasteiger partial charge is 0.481 e. The monoisotopic (exact) mass is 1850 g/mol. The van der Waals surface area contributed by atoms with Gasteiger partial charge >= 0.3 is 0 Å². The molecule has 0 unspecified atom stereocenters. The Labute approximate surface area is 796 Å². The lowest BCUT2D eigenvalue weighted by atomic mass is 9.87. The number of nitrogens with two attached hydrogens (primary N) is 2. The smallest absolute Gasteiger partial charge is 0.299 e. The number of likely N-dealkylation sites (N-methyl/N-ethyl adjacent to an activating group) is 1. The minimum absolute atomic E-state index is 0.00692. The molecule has 5 N–H and O–H groups in total. The van der Waals surface area contributed by atoms with Crippen LogP contribution in [0.5, 0.6) is 5.88 Å². The minimum Gasteiger partial charge on any atom is -0.481 e. The number of rotatable bonds is 20. The highest BCUT2D eigenvalue weighted by Crippen LogP contribution is 2.37. The summed E-state index contributed by atoms with van der Waals surface area (Å²) in [5.41, 5.74) is 20.6. The molecule has 33 heteroatoms. The Kier molecular flexibility index (Phi) is 43.9. The highest BCUT2D eigenvalue weighted by atomic mass is 16.5. The molecule has 11 rings (SSSR count). The summed E-state index contributed by atoms with van der Waals surface area (Å²) in [5.74, 6) is 1.73. The van der Waals surface area contributed by atoms with E-state index in [0.717, 1.165) is 90.7 Å². The lowest BCUT2D eigenvalue weighted by Crippen LogP contribution is -2.41. The fourth-order valence-corrected chi connectivity index (χ4v) is 12.5. The Morgan fingerprint density at radius 1 is 0.459 bits per heavy atom. The quantitative estimate of drug-likeness (QED) is 0.0471. The molecule has 2 aliphatic rings. The first kappa shape index (κ1) is 117. The van der Waals surface area contributed by atoms with Gasteiger partial charge in [0.15, 0.2) is 5.69 Å². The van der Waals surface area contributed by atoms with Gasteiger partial charge in [0.05, 0.1) is 95.4 Å². The topological polar surface area (TPSA) is 338 Å². The maximum Gasteiger partial charge on any atom is 0.299 e. The van der Waals surface area contributed by atoms with E-state index in [-0.39, 0.29) is 66.6 Å². The number of nitrogens with one attached hydrogen (secondary N) is 1. The zero-order valence-electron chi connectivity index (χ0n) is 88.5. The molecule has 0 aromatic carbocycles. The van der Waals surface area contributed by atoms with E-state index < -0.39 is 11.4 Å². The molecule has 2 fully saturated rings. The molecule has 0 atom stereocenters. The number of primary amides is 2. The molecule has 0 spiro atoms. The van der Waals surface area contributed by atoms with Crippen molar-refractivity contribution in [3.63, 3.8) is 0 Å². The van der Waals surface area contributed by atoms with Crippen molar-refractivity contribution in [3.8, 4) is 5.88 Å². The molecule has 3 amide bonds. The number of carbonyl (C=O) groups is 3. The van der Waals surface area contributed by atoms with Gasteiger partial charge in [-0.25, -0.2) is 4.68 Å². The number of nitrogens with zero attached hydrogens (tertiary/aromatic N) is 22. The van der Waals surface area contributed by atoms with Gasteiger partial charge in [0.25, 0.3) is 23.4 Å². The van der Waals surface area contributed by atoms with E-state index in [4.69, 9.17) is 54.9 Å². The van der Waals surface area contributed by atoms with Gasteiger partial charge in [0.1, 0.15) is 18.6 Å². The Hall–Kier alpha value is -10.6. The van der Waals surface area contributed by atoms with E-state index in [1.54, 1.807) is 97.1 Å². The van der Waals surface area contributed by atoms with Crippen LogP contribution < -0.4 is 21.5 Å². The van der Waals surface area contributed by atoms with Crippen molar-refractivity contribution in [1.82, 2.24) is 98.2 Å². The van der Waals surface area contributed by atoms with Crippen LogP contribution in [0.25, 0.3) is 14.5 Å². The van der Waals surface area contributed by atoms with E-state index in [2.05, 4.69) is 263 Å². The Balaban J connectivity index is 0.000000386. The zero-order valence-corrected chi connectivity index (χ0v) is 88.5. The van der Waals surface area contributed by atoms with Gasteiger partial charge in [-0.05, 0) is 155 Å². The molecule has 11 heterocycles. The standard InChI is InChI=1S/C12H21N3.C12H22N2O2.2C11H19N3O.2C11H17N3O.C11H19N3O.C11H17N3.C10H16N2O/c1-12(2,3)10-8-14-15(9-10)11-4-6-13-7-5-11;1-12(2,3)10-9-13-14(11(10)16-5)7-6-8-15-4;1-11(2,3)9-6-12-14(7-9)8-10(15)13(4)5;1-10(2,3)8-6-13-14(7-8)11(4,5)9(12)15;1-11(2,3)9-8-14(6-7-15-5)13-10(9)12-4;1-11(2,3)9-8-13-14(6-7-15-5)10(9)12-4;1-7(2)14-6-8(11(3,4)5)9(13-14)10(12)15;1-8(2)14-7-9(11(3,4)5)10(12-6)13-14;1-10(2,3)8-4-11-12(5-8)9-6-13-7-9/h8-9,11,13H,4-7H2,1-3H3;9H,6-8H2,1-5H3;6-7H,8H2,1-5H3;6-7H,1-5H3,(H2,12,15);2*8H,6-7H2,1-3,5H3;6-7H,1-5H3,(H2,12,15);7-8H,1-5H3;4-5,9H,6-7H2,1-3H3. The van der Waals surface area contributed by atoms with Gasteiger partial charge in [-0.1, -0.05) is 207 Å². The van der Waals surface area contributed by atoms with Crippen LogP contribution in [-0.2, 0) is 109 Å². The lowest BCUT2D eigenvalue weighted by Gasteiger charge is -2.26. The molecule has 0 bridgehead atoms. The highest BCUT2D eigenvalue weighted by molar-refractivity contribution is 5.92. The molecule has 2 aliphatic heterocycles. The number of aryl methyl sites for hydroxylation is 1. The fraction of sp³-hybridized carbons (Fsp3) is 0.670. The van der Waals surface area contributed by atoms with Crippen molar-refractivity contribution in [2.75, 3.05) is 88.7 Å². The molecule has 2 saturated heterocycles. The third-order valence-corrected chi connectivity index (χ3v) is 21.9. The van der Waals surface area contributed by atoms with Crippen LogP contribution in [0.2, 0.25) is 0 Å². The van der Waals surface area contributed by atoms with Gasteiger partial charge in [-0.2, -0.15) is 44.6 Å². The Morgan fingerprint density at radius 3 is 1.26 bits per heavy atom. The van der Waals surface area contributed by atoms with E-state index in [9.17, 15) is 14.4 Å². The summed E-state index contributed by atoms with van der Waals surface area (Å²) in [6, 6.07) is 1.62. The van der Waals surface area contributed by atoms with Crippen molar-refractivity contribution in [2.24, 2.45) is 11.5 Å². The van der Waals surface area contributed by atoms with Crippen molar-refractivity contribution in [1.29, 1.82) is 0 Å². The van der Waals surface area contributed by atoms with Gasteiger partial charge in [-0.3, -0.25) is 37.8 Å². The van der Waals surface area contributed by atoms with E-state index in [1.165, 1.54) is 24.0 Å². The molecule has 9 aromatic rings. The van der Waals surface area contributed by atoms with Crippen LogP contribution >= 0.6 is 0 Å². The maximum absolute atomic E-state index is 11.4. The van der Waals surface area contributed by atoms with Crippen LogP contribution in [0.3, 0.4) is 0 Å². The van der Waals surface area contributed by atoms with Crippen LogP contribution in [0, 0.1) is 19.7 Å². The second-order valence-electron chi connectivity index (χ2n) is 44.1. The van der Waals surface area contributed by atoms with Crippen molar-refractivity contribution in [2.45, 2.75) is 352 Å². The number of hydrogen-bond acceptors (Lipinski definition) is 18. The zero-order chi connectivity index (χ0) is 102. The predicted molar refractivity (Wildman–Crippen MR) is 531 cm³/mol. The highest BCUT2D eigenvalue weighted by Gasteiger charge is 2.33. The first-order valence-electron chi connectivity index (χ1n) is 46.0. The summed E-state index contributed by atoms with van der Waals surface area (Å²) in [5, 5.41) is 41.8. The van der Waals surface area contributed by atoms with Gasteiger partial charge in [-0.15, -0.1) is 5.10 Å². The lowest BCUT2D eigenvalue weighted by molar-refractivity contribution is -0.129. The van der Waals surface area contributed by atoms with E-state index in [0.29, 0.717) is 74.1 Å². The number of aromatic nitrogens is 18. The normalized spacial score (nSPS) is 13.4. The van der Waals surface area contributed by atoms with Crippen molar-refractivity contribution < 1.29 is 38.1 Å². The molecule has 0 radical (unpaired) electrons. The number of piperidine rings is 1. The summed E-state index contributed by atoms with van der Waals surface area (Å²) in [4.78, 5) is 45.9. The van der Waals surface area contributed by atoms with Gasteiger partial charge in [0.2, 0.25) is 17.7 Å². The van der Waals surface area contributed by atoms with E-state index in [1.807, 2.05) is 104 Å². The third-order valence-electron chi connectivity index (χ3n) is 21.9. The maximum atomic E-state index is 11.4. The summed E-state index contributed by atoms with van der Waals surface area (Å²) in [6.07, 6.45) is 28.6. The Morgan fingerprint density at radius 2 is 0.880 bits per heavy atom. The van der Waals surface area contributed by atoms with Crippen LogP contribution in [0.1, 0.15) is 332 Å². The molecular weight excluding hydrogens is 1680 g/mol. The summed E-state index contributed by atoms with van der Waals surface area (Å²) < 4.78 is 42.0. The molecule has 0 saturated carbocycles. The molecule has 0 aliphatic carbocycles. The van der Waals surface area contributed by atoms with E-state index >= 15 is 0 Å². The summed E-state index contributed by atoms with van der Waals surface area (Å²) >= 11 is 0. The number of carbonyl (C=O) groups excluding carboxylic acids is 3. The predicted octanol–water partition coefficient (Wildman–Crippen LogP) is 18.7. The van der Waals surface area contributed by atoms with Crippen LogP contribution in [-0.4, -0.2) is 199 Å². The molecule has 9 aromatic heterocycles. The summed E-state index contributed by atoms with van der Waals surface area (Å²) in [6.45, 7) is 98.6. The SMILES string of the molecule is CC(C)(C)c1cnn(C(C)(C)C(N)=O)c1.CC(C)(C)c1cnn(C2CCNCC2)c1.CC(C)(C)c1cnn(C2COC2)c1.CC(C)n1cc(C(C)(C)C)c(C(N)=O)n1.CN(C)C(=O)Cn1cc(C(C)(C)C)cn1.COCCCn1ncc(C(C)(C)C)c1OC.[C-]#[N+]c1c(C(C)(C)C)cnn1CCOC.[C-]#[N+]c1nn(C(C)C)cc1C(C)(C)C.[C-]#[N+]c1nn(CCOC)cc1C(C)(C)C. The fourth-order valence-electron chi connectivity index (χ4n) is 12.5. The number of methoxy groups -OCH3 is 4. The first-order valence-corrected chi connectivity index (χ1v) is 46.0. The van der Waals surface area contributed by atoms with Crippen molar-refractivity contribution in [3.05, 3.63) is 171 Å². The number of hydrogen-bond donors (Lipinski definition) is 3. The van der Waals surface area contributed by atoms with Gasteiger partial charge in [0, 0.05) is 126 Å². The molecule has 740 valence electrons. The van der Waals surface area contributed by atoms with Crippen LogP contribution in [0.4, 0.5) is 17.5 Å². The molecular formula is C100H167N25O8.